The normalized spacial score (nSPS) is 24.7. The van der Waals surface area contributed by atoms with E-state index in [0.717, 1.165) is 11.8 Å². The first-order valence-electron chi connectivity index (χ1n) is 6.32. The van der Waals surface area contributed by atoms with E-state index in [9.17, 15) is 9.59 Å². The van der Waals surface area contributed by atoms with Gasteiger partial charge < -0.3 is 4.74 Å². The number of rotatable bonds is 4. The van der Waals surface area contributed by atoms with E-state index in [4.69, 9.17) is 4.74 Å². The molecule has 0 saturated heterocycles. The average Bonchev–Trinajstić information content (AvgIpc) is 2.97. The van der Waals surface area contributed by atoms with Crippen LogP contribution in [0.2, 0.25) is 0 Å². The van der Waals surface area contributed by atoms with Crippen molar-refractivity contribution in [3.8, 4) is 0 Å². The fraction of sp³-hybridized carbons (Fsp3) is 0.375. The molecule has 0 aliphatic heterocycles. The second-order valence-corrected chi connectivity index (χ2v) is 5.45. The maximum atomic E-state index is 11.7. The molecule has 3 heteroatoms. The van der Waals surface area contributed by atoms with Crippen molar-refractivity contribution in [1.29, 1.82) is 0 Å². The van der Waals surface area contributed by atoms with Gasteiger partial charge in [0.05, 0.1) is 13.0 Å². The highest BCUT2D eigenvalue weighted by atomic mass is 16.5. The Bertz CT molecular complexity index is 514. The number of allylic oxidation sites excluding steroid dienone is 2. The van der Waals surface area contributed by atoms with Gasteiger partial charge in [0.2, 0.25) is 0 Å². The minimum Gasteiger partial charge on any atom is -0.469 e. The van der Waals surface area contributed by atoms with Crippen molar-refractivity contribution < 1.29 is 14.3 Å². The molecule has 0 N–H and O–H groups in total. The van der Waals surface area contributed by atoms with E-state index < -0.39 is 0 Å². The number of aldehydes is 1. The number of hydrogen-bond donors (Lipinski definition) is 0. The summed E-state index contributed by atoms with van der Waals surface area (Å²) in [6.45, 7) is 4.03. The van der Waals surface area contributed by atoms with Crippen LogP contribution >= 0.6 is 0 Å². The van der Waals surface area contributed by atoms with E-state index in [1.54, 1.807) is 0 Å². The van der Waals surface area contributed by atoms with Gasteiger partial charge in [0, 0.05) is 5.57 Å². The van der Waals surface area contributed by atoms with E-state index in [0.29, 0.717) is 5.57 Å². The number of carbonyl (C=O) groups excluding carboxylic acids is 2. The van der Waals surface area contributed by atoms with Gasteiger partial charge in [-0.15, -0.1) is 0 Å². The lowest BCUT2D eigenvalue weighted by molar-refractivity contribution is -0.143. The maximum Gasteiger partial charge on any atom is 0.309 e. The van der Waals surface area contributed by atoms with Crippen LogP contribution in [-0.2, 0) is 14.3 Å². The van der Waals surface area contributed by atoms with Crippen LogP contribution in [0.4, 0.5) is 0 Å². The third-order valence-corrected chi connectivity index (χ3v) is 3.96. The number of benzene rings is 1. The predicted molar refractivity (Wildman–Crippen MR) is 73.3 cm³/mol. The smallest absolute Gasteiger partial charge is 0.309 e. The second-order valence-electron chi connectivity index (χ2n) is 5.45. The number of ether oxygens (including phenoxy) is 1. The lowest BCUT2D eigenvalue weighted by atomic mass is 10.0. The van der Waals surface area contributed by atoms with Crippen LogP contribution in [0.1, 0.15) is 19.4 Å². The molecule has 1 aliphatic rings. The van der Waals surface area contributed by atoms with Crippen LogP contribution in [0, 0.1) is 17.3 Å². The molecule has 0 radical (unpaired) electrons. The molecule has 2 rings (SSSR count). The summed E-state index contributed by atoms with van der Waals surface area (Å²) in [5.41, 5.74) is 1.37. The lowest BCUT2D eigenvalue weighted by Gasteiger charge is -2.01. The molecule has 1 saturated carbocycles. The van der Waals surface area contributed by atoms with Crippen LogP contribution in [0.5, 0.6) is 0 Å². The first kappa shape index (κ1) is 13.5. The van der Waals surface area contributed by atoms with E-state index in [1.807, 2.05) is 50.3 Å². The minimum absolute atomic E-state index is 0.0559. The zero-order chi connectivity index (χ0) is 14.0. The number of esters is 1. The first-order valence-corrected chi connectivity index (χ1v) is 6.32. The van der Waals surface area contributed by atoms with E-state index in [1.165, 1.54) is 7.11 Å². The minimum atomic E-state index is -0.204. The monoisotopic (exact) mass is 258 g/mol. The Kier molecular flexibility index (Phi) is 3.56. The molecule has 0 spiro atoms. The van der Waals surface area contributed by atoms with Crippen molar-refractivity contribution >= 4 is 17.8 Å². The summed E-state index contributed by atoms with van der Waals surface area (Å²) in [4.78, 5) is 22.9. The fourth-order valence-corrected chi connectivity index (χ4v) is 2.59. The Hall–Kier alpha value is -1.90. The summed E-state index contributed by atoms with van der Waals surface area (Å²) in [5, 5.41) is 0. The molecule has 2 atom stereocenters. The van der Waals surface area contributed by atoms with Crippen molar-refractivity contribution in [3.05, 3.63) is 42.0 Å². The van der Waals surface area contributed by atoms with Gasteiger partial charge in [0.1, 0.15) is 6.29 Å². The molecule has 100 valence electrons. The van der Waals surface area contributed by atoms with Gasteiger partial charge in [-0.25, -0.2) is 0 Å². The Morgan fingerprint density at radius 2 is 1.89 bits per heavy atom. The van der Waals surface area contributed by atoms with Crippen molar-refractivity contribution in [1.82, 2.24) is 0 Å². The van der Waals surface area contributed by atoms with Gasteiger partial charge in [-0.05, 0) is 16.9 Å². The van der Waals surface area contributed by atoms with E-state index in [-0.39, 0.29) is 23.2 Å². The van der Waals surface area contributed by atoms with Gasteiger partial charge in [0.15, 0.2) is 0 Å². The van der Waals surface area contributed by atoms with Gasteiger partial charge in [-0.2, -0.15) is 0 Å². The summed E-state index contributed by atoms with van der Waals surface area (Å²) in [6.07, 6.45) is 2.74. The summed E-state index contributed by atoms with van der Waals surface area (Å²) in [7, 11) is 1.40. The van der Waals surface area contributed by atoms with Crippen LogP contribution in [0.25, 0.3) is 5.57 Å². The third kappa shape index (κ3) is 2.46. The molecule has 1 aromatic carbocycles. The molecule has 0 amide bonds. The van der Waals surface area contributed by atoms with Crippen molar-refractivity contribution in [2.75, 3.05) is 7.11 Å². The van der Waals surface area contributed by atoms with Crippen LogP contribution < -0.4 is 0 Å². The van der Waals surface area contributed by atoms with Crippen LogP contribution in [0.15, 0.2) is 36.4 Å². The number of methoxy groups -OCH3 is 1. The zero-order valence-corrected chi connectivity index (χ0v) is 11.4. The topological polar surface area (TPSA) is 43.4 Å². The number of hydrogen-bond acceptors (Lipinski definition) is 3. The van der Waals surface area contributed by atoms with Gasteiger partial charge in [-0.3, -0.25) is 9.59 Å². The van der Waals surface area contributed by atoms with Gasteiger partial charge in [-0.1, -0.05) is 50.3 Å². The van der Waals surface area contributed by atoms with Gasteiger partial charge in [0.25, 0.3) is 0 Å². The average molecular weight is 258 g/mol. The van der Waals surface area contributed by atoms with E-state index in [2.05, 4.69) is 0 Å². The second kappa shape index (κ2) is 5.00. The molecule has 2 unspecified atom stereocenters. The summed E-state index contributed by atoms with van der Waals surface area (Å²) < 4.78 is 4.80. The fourth-order valence-electron chi connectivity index (χ4n) is 2.59. The molecule has 19 heavy (non-hydrogen) atoms. The quantitative estimate of drug-likeness (QED) is 0.474. The highest BCUT2D eigenvalue weighted by Crippen LogP contribution is 2.60. The third-order valence-electron chi connectivity index (χ3n) is 3.96. The molecule has 1 aliphatic carbocycles. The largest absolute Gasteiger partial charge is 0.469 e. The summed E-state index contributed by atoms with van der Waals surface area (Å²) >= 11 is 0. The molecule has 0 aromatic heterocycles. The van der Waals surface area contributed by atoms with Crippen molar-refractivity contribution in [3.63, 3.8) is 0 Å². The highest BCUT2D eigenvalue weighted by Gasteiger charge is 2.61. The number of carbonyl (C=O) groups is 2. The zero-order valence-electron chi connectivity index (χ0n) is 11.4. The van der Waals surface area contributed by atoms with Crippen molar-refractivity contribution in [2.45, 2.75) is 13.8 Å². The molecular weight excluding hydrogens is 240 g/mol. The van der Waals surface area contributed by atoms with Gasteiger partial charge >= 0.3 is 5.97 Å². The molecule has 1 aromatic rings. The summed E-state index contributed by atoms with van der Waals surface area (Å²) in [5.74, 6) is -0.305. The Balaban J connectivity index is 2.26. The molecule has 0 heterocycles. The molecular formula is C16H18O3. The predicted octanol–water partition coefficient (Wildman–Crippen LogP) is 2.71. The van der Waals surface area contributed by atoms with Crippen LogP contribution in [0.3, 0.4) is 0 Å². The van der Waals surface area contributed by atoms with Crippen molar-refractivity contribution in [2.24, 2.45) is 17.3 Å². The van der Waals surface area contributed by atoms with Crippen LogP contribution in [-0.4, -0.2) is 19.4 Å². The molecule has 0 bridgehead atoms. The maximum absolute atomic E-state index is 11.7. The molecule has 1 fully saturated rings. The Labute approximate surface area is 113 Å². The standard InChI is InChI=1S/C16H18O3/c1-16(2)13(14(16)15(18)19-3)9-12(10-17)11-7-5-4-6-8-11/h4-10,13-14H,1-3H3/b12-9+. The SMILES string of the molecule is COC(=O)C1C(/C=C(\C=O)c2ccccc2)C1(C)C. The first-order chi connectivity index (χ1) is 9.02. The van der Waals surface area contributed by atoms with E-state index >= 15 is 0 Å². The lowest BCUT2D eigenvalue weighted by Crippen LogP contribution is -2.07. The summed E-state index contributed by atoms with van der Waals surface area (Å²) in [6, 6.07) is 9.47. The Morgan fingerprint density at radius 1 is 1.26 bits per heavy atom. The highest BCUT2D eigenvalue weighted by molar-refractivity contribution is 6.07. The molecule has 3 nitrogen and oxygen atoms in total. The Morgan fingerprint density at radius 3 is 2.42 bits per heavy atom.